The summed E-state index contributed by atoms with van der Waals surface area (Å²) in [5.41, 5.74) is 3.46. The molecule has 0 spiro atoms. The predicted molar refractivity (Wildman–Crippen MR) is 84.0 cm³/mol. The molecule has 1 heterocycles. The lowest BCUT2D eigenvalue weighted by atomic mass is 10.1. The van der Waals surface area contributed by atoms with E-state index in [9.17, 15) is 4.79 Å². The van der Waals surface area contributed by atoms with E-state index in [0.717, 1.165) is 17.5 Å². The third-order valence-electron chi connectivity index (χ3n) is 3.11. The number of rotatable bonds is 5. The van der Waals surface area contributed by atoms with Crippen molar-refractivity contribution in [1.82, 2.24) is 20.4 Å². The maximum atomic E-state index is 11.5. The van der Waals surface area contributed by atoms with Crippen molar-refractivity contribution in [3.8, 4) is 11.1 Å². The van der Waals surface area contributed by atoms with Gasteiger partial charge in [-0.25, -0.2) is 4.79 Å². The molecule has 0 bridgehead atoms. The van der Waals surface area contributed by atoms with Crippen molar-refractivity contribution in [1.29, 1.82) is 0 Å². The molecular formula is C16H22N4O. The van der Waals surface area contributed by atoms with Gasteiger partial charge in [-0.15, -0.1) is 0 Å². The molecular weight excluding hydrogens is 264 g/mol. The van der Waals surface area contributed by atoms with Crippen LogP contribution in [0.3, 0.4) is 0 Å². The third-order valence-corrected chi connectivity index (χ3v) is 3.11. The summed E-state index contributed by atoms with van der Waals surface area (Å²) < 4.78 is 1.79. The molecule has 0 saturated heterocycles. The third kappa shape index (κ3) is 4.63. The van der Waals surface area contributed by atoms with Crippen LogP contribution >= 0.6 is 0 Å². The molecule has 5 nitrogen and oxygen atoms in total. The van der Waals surface area contributed by atoms with Crippen molar-refractivity contribution in [2.45, 2.75) is 26.3 Å². The quantitative estimate of drug-likeness (QED) is 0.886. The van der Waals surface area contributed by atoms with E-state index in [1.807, 2.05) is 33.3 Å². The van der Waals surface area contributed by atoms with Crippen molar-refractivity contribution < 1.29 is 4.79 Å². The van der Waals surface area contributed by atoms with Crippen molar-refractivity contribution in [2.75, 3.05) is 6.54 Å². The first-order chi connectivity index (χ1) is 10.0. The van der Waals surface area contributed by atoms with Crippen LogP contribution in [0.2, 0.25) is 0 Å². The highest BCUT2D eigenvalue weighted by atomic mass is 16.2. The first kappa shape index (κ1) is 15.1. The van der Waals surface area contributed by atoms with Crippen LogP contribution in [0.5, 0.6) is 0 Å². The van der Waals surface area contributed by atoms with Crippen LogP contribution in [0.1, 0.15) is 19.4 Å². The van der Waals surface area contributed by atoms with Gasteiger partial charge in [0, 0.05) is 31.4 Å². The predicted octanol–water partition coefficient (Wildman–Crippen LogP) is 2.34. The van der Waals surface area contributed by atoms with Crippen LogP contribution in [-0.2, 0) is 13.5 Å². The summed E-state index contributed by atoms with van der Waals surface area (Å²) in [6, 6.07) is 8.39. The Morgan fingerprint density at radius 1 is 1.24 bits per heavy atom. The Morgan fingerprint density at radius 3 is 2.52 bits per heavy atom. The molecule has 0 saturated carbocycles. The standard InChI is InChI=1S/C16H22N4O/c1-12(2)19-16(21)17-9-8-13-4-6-14(7-5-13)15-10-18-20(3)11-15/h4-7,10-12H,8-9H2,1-3H3,(H2,17,19,21). The van der Waals surface area contributed by atoms with Crippen molar-refractivity contribution >= 4 is 6.03 Å². The van der Waals surface area contributed by atoms with Crippen molar-refractivity contribution in [2.24, 2.45) is 7.05 Å². The van der Waals surface area contributed by atoms with Gasteiger partial charge >= 0.3 is 6.03 Å². The summed E-state index contributed by atoms with van der Waals surface area (Å²) in [7, 11) is 1.91. The molecule has 0 aliphatic rings. The zero-order valence-corrected chi connectivity index (χ0v) is 12.8. The van der Waals surface area contributed by atoms with E-state index in [0.29, 0.717) is 6.54 Å². The number of aromatic nitrogens is 2. The number of nitrogens with one attached hydrogen (secondary N) is 2. The summed E-state index contributed by atoms with van der Waals surface area (Å²) in [6.07, 6.45) is 4.67. The van der Waals surface area contributed by atoms with E-state index in [-0.39, 0.29) is 12.1 Å². The fraction of sp³-hybridized carbons (Fsp3) is 0.375. The minimum atomic E-state index is -0.114. The van der Waals surface area contributed by atoms with Crippen LogP contribution < -0.4 is 10.6 Å². The lowest BCUT2D eigenvalue weighted by Crippen LogP contribution is -2.40. The van der Waals surface area contributed by atoms with E-state index >= 15 is 0 Å². The maximum absolute atomic E-state index is 11.5. The highest BCUT2D eigenvalue weighted by Gasteiger charge is 2.03. The minimum absolute atomic E-state index is 0.114. The molecule has 2 amide bonds. The number of carbonyl (C=O) groups excluding carboxylic acids is 1. The van der Waals surface area contributed by atoms with Gasteiger partial charge in [-0.05, 0) is 31.4 Å². The van der Waals surface area contributed by atoms with Crippen molar-refractivity contribution in [3.05, 3.63) is 42.2 Å². The van der Waals surface area contributed by atoms with Crippen LogP contribution in [0.15, 0.2) is 36.7 Å². The van der Waals surface area contributed by atoms with E-state index in [2.05, 4.69) is 40.0 Å². The van der Waals surface area contributed by atoms with E-state index < -0.39 is 0 Å². The molecule has 0 radical (unpaired) electrons. The van der Waals surface area contributed by atoms with Gasteiger partial charge in [0.2, 0.25) is 0 Å². The maximum Gasteiger partial charge on any atom is 0.314 e. The van der Waals surface area contributed by atoms with Gasteiger partial charge in [0.15, 0.2) is 0 Å². The molecule has 5 heteroatoms. The Labute approximate surface area is 125 Å². The van der Waals surface area contributed by atoms with Crippen molar-refractivity contribution in [3.63, 3.8) is 0 Å². The second-order valence-corrected chi connectivity index (χ2v) is 5.40. The van der Waals surface area contributed by atoms with E-state index in [4.69, 9.17) is 0 Å². The van der Waals surface area contributed by atoms with Crippen LogP contribution in [0.4, 0.5) is 4.79 Å². The molecule has 0 unspecified atom stereocenters. The highest BCUT2D eigenvalue weighted by molar-refractivity contribution is 5.74. The average molecular weight is 286 g/mol. The van der Waals surface area contributed by atoms with Gasteiger partial charge < -0.3 is 10.6 Å². The molecule has 21 heavy (non-hydrogen) atoms. The van der Waals surface area contributed by atoms with Crippen LogP contribution in [-0.4, -0.2) is 28.4 Å². The Balaban J connectivity index is 1.84. The Bertz CT molecular complexity index is 587. The lowest BCUT2D eigenvalue weighted by molar-refractivity contribution is 0.238. The zero-order chi connectivity index (χ0) is 15.2. The Morgan fingerprint density at radius 2 is 1.95 bits per heavy atom. The SMILES string of the molecule is CC(C)NC(=O)NCCc1ccc(-c2cnn(C)c2)cc1. The van der Waals surface area contributed by atoms with Gasteiger partial charge in [-0.1, -0.05) is 24.3 Å². The number of amides is 2. The molecule has 0 aliphatic heterocycles. The molecule has 0 aliphatic carbocycles. The zero-order valence-electron chi connectivity index (χ0n) is 12.8. The normalized spacial score (nSPS) is 10.7. The fourth-order valence-corrected chi connectivity index (χ4v) is 2.07. The second kappa shape index (κ2) is 6.92. The highest BCUT2D eigenvalue weighted by Crippen LogP contribution is 2.18. The summed E-state index contributed by atoms with van der Waals surface area (Å²) in [6.45, 7) is 4.51. The first-order valence-electron chi connectivity index (χ1n) is 7.17. The number of aryl methyl sites for hydroxylation is 1. The smallest absolute Gasteiger partial charge is 0.314 e. The molecule has 2 aromatic rings. The summed E-state index contributed by atoms with van der Waals surface area (Å²) in [4.78, 5) is 11.5. The van der Waals surface area contributed by atoms with Crippen LogP contribution in [0, 0.1) is 0 Å². The molecule has 1 aromatic heterocycles. The topological polar surface area (TPSA) is 59.0 Å². The number of benzene rings is 1. The number of carbonyl (C=O) groups is 1. The first-order valence-corrected chi connectivity index (χ1v) is 7.17. The molecule has 2 rings (SSSR count). The van der Waals surface area contributed by atoms with Gasteiger partial charge in [0.05, 0.1) is 6.20 Å². The Hall–Kier alpha value is -2.30. The number of urea groups is 1. The summed E-state index contributed by atoms with van der Waals surface area (Å²) >= 11 is 0. The minimum Gasteiger partial charge on any atom is -0.338 e. The molecule has 1 aromatic carbocycles. The van der Waals surface area contributed by atoms with Gasteiger partial charge in [0.25, 0.3) is 0 Å². The fourth-order valence-electron chi connectivity index (χ4n) is 2.07. The van der Waals surface area contributed by atoms with Gasteiger partial charge in [0.1, 0.15) is 0 Å². The van der Waals surface area contributed by atoms with Crippen LogP contribution in [0.25, 0.3) is 11.1 Å². The second-order valence-electron chi connectivity index (χ2n) is 5.40. The number of nitrogens with zero attached hydrogens (tertiary/aromatic N) is 2. The van der Waals surface area contributed by atoms with Gasteiger partial charge in [-0.3, -0.25) is 4.68 Å². The number of hydrogen-bond donors (Lipinski definition) is 2. The van der Waals surface area contributed by atoms with E-state index in [1.165, 1.54) is 5.56 Å². The molecule has 0 fully saturated rings. The molecule has 0 atom stereocenters. The lowest BCUT2D eigenvalue weighted by Gasteiger charge is -2.10. The molecule has 112 valence electrons. The molecule has 2 N–H and O–H groups in total. The summed E-state index contributed by atoms with van der Waals surface area (Å²) in [5, 5.41) is 9.82. The largest absolute Gasteiger partial charge is 0.338 e. The summed E-state index contributed by atoms with van der Waals surface area (Å²) in [5.74, 6) is 0. The average Bonchev–Trinajstić information content (AvgIpc) is 2.85. The van der Waals surface area contributed by atoms with Gasteiger partial charge in [-0.2, -0.15) is 5.10 Å². The Kier molecular flexibility index (Phi) is 4.98. The van der Waals surface area contributed by atoms with E-state index in [1.54, 1.807) is 4.68 Å². The number of hydrogen-bond acceptors (Lipinski definition) is 2. The monoisotopic (exact) mass is 286 g/mol.